The standard InChI is InChI=1S/C19H21NO3S/c1-22-15-10-13-7-8-20(19(21)12-5-6-12)18(17-4-3-9-24-17)14(13)11-16(15)23-2/h3-4,9-12,18H,5-8H2,1-2H3/t18-/m0/s1. The van der Waals surface area contributed by atoms with E-state index in [1.807, 2.05) is 6.07 Å². The van der Waals surface area contributed by atoms with Gasteiger partial charge in [0.2, 0.25) is 5.91 Å². The molecule has 0 saturated heterocycles. The highest BCUT2D eigenvalue weighted by atomic mass is 32.1. The molecule has 2 heterocycles. The lowest BCUT2D eigenvalue weighted by atomic mass is 9.90. The lowest BCUT2D eigenvalue weighted by Gasteiger charge is -2.37. The zero-order chi connectivity index (χ0) is 16.7. The van der Waals surface area contributed by atoms with Gasteiger partial charge in [-0.1, -0.05) is 6.07 Å². The number of fused-ring (bicyclic) bond motifs is 1. The normalized spacial score (nSPS) is 19.8. The van der Waals surface area contributed by atoms with E-state index >= 15 is 0 Å². The average molecular weight is 343 g/mol. The first-order chi connectivity index (χ1) is 11.7. The molecule has 1 fully saturated rings. The quantitative estimate of drug-likeness (QED) is 0.850. The number of thiophene rings is 1. The molecule has 5 heteroatoms. The average Bonchev–Trinajstić information content (AvgIpc) is 3.33. The number of carbonyl (C=O) groups is 1. The minimum absolute atomic E-state index is 0.0124. The Morgan fingerprint density at radius 2 is 1.96 bits per heavy atom. The van der Waals surface area contributed by atoms with Crippen LogP contribution in [0.25, 0.3) is 0 Å². The van der Waals surface area contributed by atoms with Crippen LogP contribution in [0.15, 0.2) is 29.6 Å². The number of rotatable bonds is 4. The first-order valence-corrected chi connectivity index (χ1v) is 9.19. The van der Waals surface area contributed by atoms with E-state index in [0.717, 1.165) is 42.9 Å². The maximum Gasteiger partial charge on any atom is 0.226 e. The van der Waals surface area contributed by atoms with Gasteiger partial charge in [0.15, 0.2) is 11.5 Å². The molecule has 0 radical (unpaired) electrons. The van der Waals surface area contributed by atoms with Gasteiger partial charge in [0, 0.05) is 17.3 Å². The minimum atomic E-state index is -0.0124. The Labute approximate surface area is 146 Å². The molecular formula is C19H21NO3S. The Balaban J connectivity index is 1.82. The van der Waals surface area contributed by atoms with Crippen molar-refractivity contribution in [3.63, 3.8) is 0 Å². The number of hydrogen-bond donors (Lipinski definition) is 0. The summed E-state index contributed by atoms with van der Waals surface area (Å²) in [6, 6.07) is 8.27. The fraction of sp³-hybridized carbons (Fsp3) is 0.421. The molecule has 2 aromatic rings. The predicted molar refractivity (Wildman–Crippen MR) is 93.8 cm³/mol. The lowest BCUT2D eigenvalue weighted by Crippen LogP contribution is -2.41. The summed E-state index contributed by atoms with van der Waals surface area (Å²) in [7, 11) is 3.31. The minimum Gasteiger partial charge on any atom is -0.493 e. The molecule has 1 aliphatic carbocycles. The summed E-state index contributed by atoms with van der Waals surface area (Å²) in [5, 5.41) is 2.07. The molecule has 0 spiro atoms. The predicted octanol–water partition coefficient (Wildman–Crippen LogP) is 3.65. The fourth-order valence-electron chi connectivity index (χ4n) is 3.50. The van der Waals surface area contributed by atoms with E-state index in [9.17, 15) is 4.79 Å². The van der Waals surface area contributed by atoms with Gasteiger partial charge in [-0.25, -0.2) is 0 Å². The van der Waals surface area contributed by atoms with Crippen LogP contribution in [0.1, 0.15) is 34.9 Å². The molecule has 126 valence electrons. The molecule has 0 bridgehead atoms. The number of carbonyl (C=O) groups excluding carboxylic acids is 1. The highest BCUT2D eigenvalue weighted by Crippen LogP contribution is 2.44. The van der Waals surface area contributed by atoms with Crippen molar-refractivity contribution in [2.45, 2.75) is 25.3 Å². The highest BCUT2D eigenvalue weighted by molar-refractivity contribution is 7.10. The Hall–Kier alpha value is -2.01. The summed E-state index contributed by atoms with van der Waals surface area (Å²) in [5.74, 6) is 2.00. The zero-order valence-electron chi connectivity index (χ0n) is 14.0. The first kappa shape index (κ1) is 15.5. The number of ether oxygens (including phenoxy) is 2. The molecule has 1 saturated carbocycles. The van der Waals surface area contributed by atoms with Gasteiger partial charge in [-0.3, -0.25) is 4.79 Å². The van der Waals surface area contributed by atoms with Crippen LogP contribution in [0, 0.1) is 5.92 Å². The SMILES string of the molecule is COc1cc2c(cc1OC)[C@@H](c1cccs1)N(C(=O)C1CC1)CC2. The van der Waals surface area contributed by atoms with Gasteiger partial charge in [0.25, 0.3) is 0 Å². The van der Waals surface area contributed by atoms with Crippen LogP contribution >= 0.6 is 11.3 Å². The number of methoxy groups -OCH3 is 2. The zero-order valence-corrected chi connectivity index (χ0v) is 14.8. The molecule has 1 atom stereocenters. The Morgan fingerprint density at radius 1 is 1.21 bits per heavy atom. The second kappa shape index (κ2) is 6.13. The smallest absolute Gasteiger partial charge is 0.226 e. The third kappa shape index (κ3) is 2.57. The molecule has 1 amide bonds. The van der Waals surface area contributed by atoms with Gasteiger partial charge in [0.1, 0.15) is 0 Å². The van der Waals surface area contributed by atoms with Crippen molar-refractivity contribution in [1.82, 2.24) is 4.90 Å². The maximum atomic E-state index is 12.8. The van der Waals surface area contributed by atoms with Gasteiger partial charge in [-0.2, -0.15) is 0 Å². The van der Waals surface area contributed by atoms with Gasteiger partial charge in [0.05, 0.1) is 20.3 Å². The van der Waals surface area contributed by atoms with Crippen molar-refractivity contribution >= 4 is 17.2 Å². The lowest BCUT2D eigenvalue weighted by molar-refractivity contribution is -0.134. The summed E-state index contributed by atoms with van der Waals surface area (Å²) >= 11 is 1.70. The number of amides is 1. The first-order valence-electron chi connectivity index (χ1n) is 8.31. The van der Waals surface area contributed by atoms with Crippen LogP contribution in [-0.2, 0) is 11.2 Å². The van der Waals surface area contributed by atoms with E-state index in [0.29, 0.717) is 5.91 Å². The molecule has 4 rings (SSSR count). The van der Waals surface area contributed by atoms with E-state index in [1.165, 1.54) is 10.4 Å². The summed E-state index contributed by atoms with van der Waals surface area (Å²) in [5.41, 5.74) is 2.40. The van der Waals surface area contributed by atoms with Crippen LogP contribution in [0.5, 0.6) is 11.5 Å². The van der Waals surface area contributed by atoms with E-state index in [1.54, 1.807) is 25.6 Å². The van der Waals surface area contributed by atoms with Gasteiger partial charge >= 0.3 is 0 Å². The van der Waals surface area contributed by atoms with Crippen LogP contribution in [0.2, 0.25) is 0 Å². The van der Waals surface area contributed by atoms with Crippen molar-refractivity contribution in [3.8, 4) is 11.5 Å². The van der Waals surface area contributed by atoms with E-state index in [2.05, 4.69) is 28.5 Å². The molecule has 2 aliphatic rings. The van der Waals surface area contributed by atoms with Crippen molar-refractivity contribution in [2.75, 3.05) is 20.8 Å². The third-order valence-electron chi connectivity index (χ3n) is 4.90. The van der Waals surface area contributed by atoms with E-state index in [4.69, 9.17) is 9.47 Å². The third-order valence-corrected chi connectivity index (χ3v) is 5.82. The number of hydrogen-bond acceptors (Lipinski definition) is 4. The van der Waals surface area contributed by atoms with Crippen molar-refractivity contribution in [3.05, 3.63) is 45.6 Å². The summed E-state index contributed by atoms with van der Waals surface area (Å²) in [6.07, 6.45) is 2.92. The Kier molecular flexibility index (Phi) is 3.96. The van der Waals surface area contributed by atoms with Crippen molar-refractivity contribution in [2.24, 2.45) is 5.92 Å². The molecule has 1 aromatic heterocycles. The van der Waals surface area contributed by atoms with Crippen LogP contribution in [-0.4, -0.2) is 31.6 Å². The fourth-order valence-corrected chi connectivity index (χ4v) is 4.36. The topological polar surface area (TPSA) is 38.8 Å². The Bertz CT molecular complexity index is 752. The monoisotopic (exact) mass is 343 g/mol. The van der Waals surface area contributed by atoms with Crippen molar-refractivity contribution < 1.29 is 14.3 Å². The molecule has 1 aromatic carbocycles. The highest BCUT2D eigenvalue weighted by Gasteiger charge is 2.40. The largest absolute Gasteiger partial charge is 0.493 e. The van der Waals surface area contributed by atoms with Gasteiger partial charge < -0.3 is 14.4 Å². The molecular weight excluding hydrogens is 322 g/mol. The molecule has 24 heavy (non-hydrogen) atoms. The number of nitrogens with zero attached hydrogens (tertiary/aromatic N) is 1. The molecule has 1 aliphatic heterocycles. The summed E-state index contributed by atoms with van der Waals surface area (Å²) < 4.78 is 10.9. The van der Waals surface area contributed by atoms with Crippen LogP contribution < -0.4 is 9.47 Å². The molecule has 4 nitrogen and oxygen atoms in total. The van der Waals surface area contributed by atoms with E-state index < -0.39 is 0 Å². The van der Waals surface area contributed by atoms with Crippen molar-refractivity contribution in [1.29, 1.82) is 0 Å². The number of benzene rings is 1. The molecule has 0 unspecified atom stereocenters. The maximum absolute atomic E-state index is 12.8. The Morgan fingerprint density at radius 3 is 2.58 bits per heavy atom. The summed E-state index contributed by atoms with van der Waals surface area (Å²) in [6.45, 7) is 0.764. The van der Waals surface area contributed by atoms with Crippen LogP contribution in [0.3, 0.4) is 0 Å². The van der Waals surface area contributed by atoms with Gasteiger partial charge in [-0.15, -0.1) is 11.3 Å². The second-order valence-electron chi connectivity index (χ2n) is 6.38. The van der Waals surface area contributed by atoms with E-state index in [-0.39, 0.29) is 12.0 Å². The second-order valence-corrected chi connectivity index (χ2v) is 7.36. The van der Waals surface area contributed by atoms with Crippen LogP contribution in [0.4, 0.5) is 0 Å². The van der Waals surface area contributed by atoms with Gasteiger partial charge in [-0.05, 0) is 54.0 Å². The molecule has 0 N–H and O–H groups in total. The summed E-state index contributed by atoms with van der Waals surface area (Å²) in [4.78, 5) is 16.1.